The van der Waals surface area contributed by atoms with Gasteiger partial charge in [-0.2, -0.15) is 0 Å². The summed E-state index contributed by atoms with van der Waals surface area (Å²) in [6.45, 7) is 0.629. The molecule has 2 heterocycles. The zero-order valence-electron chi connectivity index (χ0n) is 12.5. The lowest BCUT2D eigenvalue weighted by atomic mass is 9.85. The van der Waals surface area contributed by atoms with Gasteiger partial charge in [0.25, 0.3) is 0 Å². The lowest BCUT2D eigenvalue weighted by molar-refractivity contribution is -0.134. The van der Waals surface area contributed by atoms with E-state index in [0.717, 1.165) is 30.9 Å². The number of carbonyl (C=O) groups excluding carboxylic acids is 1. The van der Waals surface area contributed by atoms with Crippen LogP contribution in [-0.2, 0) is 11.3 Å². The van der Waals surface area contributed by atoms with Crippen molar-refractivity contribution in [1.29, 1.82) is 0 Å². The maximum Gasteiger partial charge on any atom is 0.240 e. The highest BCUT2D eigenvalue weighted by Crippen LogP contribution is 2.35. The van der Waals surface area contributed by atoms with Crippen LogP contribution in [0.3, 0.4) is 0 Å². The third kappa shape index (κ3) is 2.73. The Kier molecular flexibility index (Phi) is 3.49. The minimum atomic E-state index is 0.0358. The molecule has 114 valence electrons. The lowest BCUT2D eigenvalue weighted by Gasteiger charge is -2.25. The fourth-order valence-electron chi connectivity index (χ4n) is 4.05. The molecule has 3 aliphatic rings. The lowest BCUT2D eigenvalue weighted by Crippen LogP contribution is -2.46. The van der Waals surface area contributed by atoms with Gasteiger partial charge in [0.2, 0.25) is 5.91 Å². The number of carbonyl (C=O) groups is 1. The Morgan fingerprint density at radius 2 is 2.14 bits per heavy atom. The van der Waals surface area contributed by atoms with Crippen LogP contribution in [0.25, 0.3) is 0 Å². The monoisotopic (exact) mass is 288 g/mol. The topological polar surface area (TPSA) is 45.5 Å². The van der Waals surface area contributed by atoms with E-state index in [1.807, 2.05) is 17.0 Å². The summed E-state index contributed by atoms with van der Waals surface area (Å²) in [6, 6.07) is 4.91. The average molecular weight is 288 g/mol. The van der Waals surface area contributed by atoms with Gasteiger partial charge in [0, 0.05) is 12.1 Å². The van der Waals surface area contributed by atoms with E-state index in [1.165, 1.54) is 25.7 Å². The average Bonchev–Trinajstić information content (AvgIpc) is 3.04. The normalized spacial score (nSPS) is 31.9. The Labute approximate surface area is 125 Å². The highest BCUT2D eigenvalue weighted by Gasteiger charge is 2.42. The molecule has 0 aromatic carbocycles. The first-order chi connectivity index (χ1) is 10.3. The molecular formula is C17H24N2O2. The molecule has 4 heteroatoms. The van der Waals surface area contributed by atoms with Crippen molar-refractivity contribution in [2.45, 2.75) is 69.6 Å². The van der Waals surface area contributed by atoms with Gasteiger partial charge < -0.3 is 14.6 Å². The third-order valence-corrected chi connectivity index (χ3v) is 5.34. The van der Waals surface area contributed by atoms with E-state index in [0.29, 0.717) is 24.5 Å². The number of rotatable bonds is 4. The molecule has 1 aromatic rings. The van der Waals surface area contributed by atoms with Crippen molar-refractivity contribution in [3.8, 4) is 0 Å². The van der Waals surface area contributed by atoms with E-state index in [9.17, 15) is 4.79 Å². The maximum absolute atomic E-state index is 12.9. The maximum atomic E-state index is 12.9. The van der Waals surface area contributed by atoms with Gasteiger partial charge in [-0.1, -0.05) is 12.8 Å². The molecule has 2 saturated carbocycles. The second kappa shape index (κ2) is 5.48. The number of amides is 1. The molecule has 0 spiro atoms. The molecule has 21 heavy (non-hydrogen) atoms. The minimum Gasteiger partial charge on any atom is -0.467 e. The SMILES string of the molecule is O=C(C1CC2CCCCC2N1)N(Cc1ccco1)C1CC1. The van der Waals surface area contributed by atoms with Crippen molar-refractivity contribution in [1.82, 2.24) is 10.2 Å². The summed E-state index contributed by atoms with van der Waals surface area (Å²) >= 11 is 0. The molecule has 2 aliphatic carbocycles. The predicted octanol–water partition coefficient (Wildman–Crippen LogP) is 2.69. The molecule has 3 unspecified atom stereocenters. The molecule has 1 N–H and O–H groups in total. The first-order valence-corrected chi connectivity index (χ1v) is 8.40. The van der Waals surface area contributed by atoms with Crippen molar-refractivity contribution < 1.29 is 9.21 Å². The predicted molar refractivity (Wildman–Crippen MR) is 79.6 cm³/mol. The fourth-order valence-corrected chi connectivity index (χ4v) is 4.05. The molecule has 4 nitrogen and oxygen atoms in total. The zero-order chi connectivity index (χ0) is 14.2. The number of furan rings is 1. The number of nitrogens with zero attached hydrogens (tertiary/aromatic N) is 1. The third-order valence-electron chi connectivity index (χ3n) is 5.34. The van der Waals surface area contributed by atoms with E-state index in [2.05, 4.69) is 5.32 Å². The van der Waals surface area contributed by atoms with E-state index in [4.69, 9.17) is 4.42 Å². The standard InChI is InChI=1S/C17H24N2O2/c20-17(16-10-12-4-1-2-6-15(12)18-16)19(13-7-8-13)11-14-5-3-9-21-14/h3,5,9,12-13,15-16,18H,1-2,4,6-8,10-11H2. The Morgan fingerprint density at radius 1 is 1.29 bits per heavy atom. The highest BCUT2D eigenvalue weighted by molar-refractivity contribution is 5.83. The molecule has 4 rings (SSSR count). The molecule has 1 aromatic heterocycles. The molecule has 3 fully saturated rings. The second-order valence-corrected chi connectivity index (χ2v) is 6.88. The molecule has 0 radical (unpaired) electrons. The van der Waals surface area contributed by atoms with Gasteiger partial charge in [-0.05, 0) is 50.2 Å². The van der Waals surface area contributed by atoms with Crippen LogP contribution in [0, 0.1) is 5.92 Å². The van der Waals surface area contributed by atoms with Crippen LogP contribution in [0.4, 0.5) is 0 Å². The summed E-state index contributed by atoms with van der Waals surface area (Å²) in [4.78, 5) is 15.0. The van der Waals surface area contributed by atoms with E-state index in [-0.39, 0.29) is 6.04 Å². The van der Waals surface area contributed by atoms with Crippen LogP contribution in [0.1, 0.15) is 50.7 Å². The molecule has 1 aliphatic heterocycles. The Balaban J connectivity index is 1.44. The summed E-state index contributed by atoms with van der Waals surface area (Å²) < 4.78 is 5.44. The van der Waals surface area contributed by atoms with Crippen LogP contribution in [0.15, 0.2) is 22.8 Å². The number of hydrogen-bond donors (Lipinski definition) is 1. The summed E-state index contributed by atoms with van der Waals surface area (Å²) in [5, 5.41) is 3.61. The van der Waals surface area contributed by atoms with Gasteiger partial charge in [-0.3, -0.25) is 4.79 Å². The van der Waals surface area contributed by atoms with Gasteiger partial charge in [0.05, 0.1) is 18.8 Å². The first kappa shape index (κ1) is 13.4. The molecular weight excluding hydrogens is 264 g/mol. The quantitative estimate of drug-likeness (QED) is 0.926. The highest BCUT2D eigenvalue weighted by atomic mass is 16.3. The van der Waals surface area contributed by atoms with E-state index >= 15 is 0 Å². The second-order valence-electron chi connectivity index (χ2n) is 6.88. The van der Waals surface area contributed by atoms with E-state index in [1.54, 1.807) is 6.26 Å². The summed E-state index contributed by atoms with van der Waals surface area (Å²) in [7, 11) is 0. The molecule has 1 amide bonds. The largest absolute Gasteiger partial charge is 0.467 e. The van der Waals surface area contributed by atoms with Crippen molar-refractivity contribution in [3.05, 3.63) is 24.2 Å². The molecule has 3 atom stereocenters. The van der Waals surface area contributed by atoms with Crippen molar-refractivity contribution in [2.24, 2.45) is 5.92 Å². The van der Waals surface area contributed by atoms with Crippen molar-refractivity contribution in [2.75, 3.05) is 0 Å². The molecule has 1 saturated heterocycles. The van der Waals surface area contributed by atoms with E-state index < -0.39 is 0 Å². The van der Waals surface area contributed by atoms with Crippen molar-refractivity contribution in [3.63, 3.8) is 0 Å². The zero-order valence-corrected chi connectivity index (χ0v) is 12.5. The van der Waals surface area contributed by atoms with Crippen LogP contribution in [-0.4, -0.2) is 28.9 Å². The van der Waals surface area contributed by atoms with Crippen LogP contribution >= 0.6 is 0 Å². The van der Waals surface area contributed by atoms with Gasteiger partial charge in [0.1, 0.15) is 5.76 Å². The summed E-state index contributed by atoms with van der Waals surface area (Å²) in [5.41, 5.74) is 0. The molecule has 0 bridgehead atoms. The summed E-state index contributed by atoms with van der Waals surface area (Å²) in [5.74, 6) is 1.91. The number of nitrogens with one attached hydrogen (secondary N) is 1. The van der Waals surface area contributed by atoms with Crippen molar-refractivity contribution >= 4 is 5.91 Å². The Hall–Kier alpha value is -1.29. The fraction of sp³-hybridized carbons (Fsp3) is 0.706. The smallest absolute Gasteiger partial charge is 0.240 e. The summed E-state index contributed by atoms with van der Waals surface area (Å²) in [6.07, 6.45) is 10.2. The Bertz CT molecular complexity index is 481. The van der Waals surface area contributed by atoms with Crippen LogP contribution < -0.4 is 5.32 Å². The van der Waals surface area contributed by atoms with Gasteiger partial charge in [-0.25, -0.2) is 0 Å². The van der Waals surface area contributed by atoms with Gasteiger partial charge in [0.15, 0.2) is 0 Å². The van der Waals surface area contributed by atoms with Crippen LogP contribution in [0.2, 0.25) is 0 Å². The minimum absolute atomic E-state index is 0.0358. The number of fused-ring (bicyclic) bond motifs is 1. The van der Waals surface area contributed by atoms with Gasteiger partial charge >= 0.3 is 0 Å². The number of hydrogen-bond acceptors (Lipinski definition) is 3. The van der Waals surface area contributed by atoms with Gasteiger partial charge in [-0.15, -0.1) is 0 Å². The first-order valence-electron chi connectivity index (χ1n) is 8.40. The van der Waals surface area contributed by atoms with Crippen LogP contribution in [0.5, 0.6) is 0 Å². The Morgan fingerprint density at radius 3 is 2.86 bits per heavy atom.